The summed E-state index contributed by atoms with van der Waals surface area (Å²) in [5.74, 6) is -3.24. The number of amides is 2. The Labute approximate surface area is 197 Å². The lowest BCUT2D eigenvalue weighted by Crippen LogP contribution is -2.53. The normalized spacial score (nSPS) is 20.7. The maximum atomic E-state index is 13.6. The number of hydrogen-bond donors (Lipinski definition) is 1. The van der Waals surface area contributed by atoms with E-state index in [1.807, 2.05) is 0 Å². The summed E-state index contributed by atoms with van der Waals surface area (Å²) in [5, 5.41) is 9.69. The Bertz CT molecular complexity index is 1190. The smallest absolute Gasteiger partial charge is 0.416 e. The second kappa shape index (κ2) is 8.46. The fraction of sp³-hybridized carbons (Fsp3) is 0.364. The lowest BCUT2D eigenvalue weighted by molar-refractivity contribution is -0.138. The molecule has 2 aliphatic heterocycles. The van der Waals surface area contributed by atoms with Crippen molar-refractivity contribution < 1.29 is 32.7 Å². The van der Waals surface area contributed by atoms with Crippen LogP contribution in [0.15, 0.2) is 30.3 Å². The fourth-order valence-electron chi connectivity index (χ4n) is 4.57. The Morgan fingerprint density at radius 1 is 1.26 bits per heavy atom. The molecule has 2 aliphatic rings. The van der Waals surface area contributed by atoms with Crippen LogP contribution < -0.4 is 14.7 Å². The Balaban J connectivity index is 1.85. The molecule has 180 valence electrons. The molecule has 1 fully saturated rings. The van der Waals surface area contributed by atoms with Gasteiger partial charge < -0.3 is 14.9 Å². The highest BCUT2D eigenvalue weighted by atomic mass is 35.5. The van der Waals surface area contributed by atoms with Crippen molar-refractivity contribution in [3.63, 3.8) is 0 Å². The molecule has 1 aromatic heterocycles. The molecule has 3 heterocycles. The molecule has 0 radical (unpaired) electrons. The van der Waals surface area contributed by atoms with E-state index in [9.17, 15) is 32.7 Å². The number of aryl methyl sites for hydroxylation is 1. The number of pyridine rings is 1. The third-order valence-electron chi connectivity index (χ3n) is 5.95. The highest BCUT2D eigenvalue weighted by Crippen LogP contribution is 2.42. The Kier molecular flexibility index (Phi) is 5.92. The highest BCUT2D eigenvalue weighted by Gasteiger charge is 2.49. The van der Waals surface area contributed by atoms with E-state index in [1.54, 1.807) is 18.2 Å². The molecule has 0 unspecified atom stereocenters. The molecule has 12 heteroatoms. The Morgan fingerprint density at radius 2 is 1.97 bits per heavy atom. The summed E-state index contributed by atoms with van der Waals surface area (Å²) in [6.45, 7) is 0.903. The zero-order valence-electron chi connectivity index (χ0n) is 18.1. The summed E-state index contributed by atoms with van der Waals surface area (Å²) in [7, 11) is 1.45. The van der Waals surface area contributed by atoms with Gasteiger partial charge in [0.25, 0.3) is 0 Å². The molecule has 1 saturated heterocycles. The molecule has 0 spiro atoms. The number of benzene rings is 1. The molecule has 0 bridgehead atoms. The number of fused-ring (bicyclic) bond motifs is 2. The number of anilines is 3. The molecular weight excluding hydrogens is 477 g/mol. The monoisotopic (exact) mass is 496 g/mol. The molecule has 0 aliphatic carbocycles. The van der Waals surface area contributed by atoms with Gasteiger partial charge in [-0.2, -0.15) is 13.2 Å². The number of alkyl halides is 3. The standard InChI is InChI=1S/C22H20ClF3N4O4/c1-11-6-13(22(24,25)26)8-16(27-11)30-17(31)7-12-9-29(10-18(32)33)20-14(23)4-3-5-15(20)28(2)21(34)19(12)30/h3-6,8,12,19H,7,9-10H2,1-2H3,(H,32,33)/t12-,19+/m1/s1. The van der Waals surface area contributed by atoms with Gasteiger partial charge >= 0.3 is 12.1 Å². The van der Waals surface area contributed by atoms with Crippen LogP contribution in [0.5, 0.6) is 0 Å². The van der Waals surface area contributed by atoms with Crippen LogP contribution in [0.1, 0.15) is 17.7 Å². The van der Waals surface area contributed by atoms with Crippen LogP contribution in [0, 0.1) is 12.8 Å². The molecule has 2 aromatic rings. The van der Waals surface area contributed by atoms with Crippen LogP contribution >= 0.6 is 11.6 Å². The van der Waals surface area contributed by atoms with Crippen LogP contribution in [0.2, 0.25) is 5.02 Å². The van der Waals surface area contributed by atoms with Crippen molar-refractivity contribution in [2.75, 3.05) is 34.8 Å². The zero-order chi connectivity index (χ0) is 24.9. The quantitative estimate of drug-likeness (QED) is 0.700. The minimum absolute atomic E-state index is 0.0204. The summed E-state index contributed by atoms with van der Waals surface area (Å²) in [5.41, 5.74) is -0.288. The molecule has 2 amide bonds. The number of hydrogen-bond acceptors (Lipinski definition) is 5. The second-order valence-electron chi connectivity index (χ2n) is 8.31. The Morgan fingerprint density at radius 3 is 2.62 bits per heavy atom. The summed E-state index contributed by atoms with van der Waals surface area (Å²) < 4.78 is 40.3. The van der Waals surface area contributed by atoms with Crippen LogP contribution in [0.3, 0.4) is 0 Å². The molecule has 0 saturated carbocycles. The lowest BCUT2D eigenvalue weighted by Gasteiger charge is -2.38. The second-order valence-corrected chi connectivity index (χ2v) is 8.71. The number of likely N-dealkylation sites (N-methyl/N-ethyl adjacent to an activating group) is 1. The summed E-state index contributed by atoms with van der Waals surface area (Å²) >= 11 is 6.37. The lowest BCUT2D eigenvalue weighted by atomic mass is 9.95. The van der Waals surface area contributed by atoms with Crippen LogP contribution in [0.4, 0.5) is 30.4 Å². The topological polar surface area (TPSA) is 94.0 Å². The molecule has 1 N–H and O–H groups in total. The van der Waals surface area contributed by atoms with E-state index in [0.29, 0.717) is 11.4 Å². The van der Waals surface area contributed by atoms with Gasteiger partial charge in [0, 0.05) is 31.6 Å². The van der Waals surface area contributed by atoms with Gasteiger partial charge in [-0.25, -0.2) is 4.98 Å². The maximum Gasteiger partial charge on any atom is 0.416 e. The number of nitrogens with zero attached hydrogens (tertiary/aromatic N) is 4. The first-order valence-corrected chi connectivity index (χ1v) is 10.7. The van der Waals surface area contributed by atoms with Crippen molar-refractivity contribution in [1.82, 2.24) is 4.98 Å². The first-order valence-electron chi connectivity index (χ1n) is 10.3. The van der Waals surface area contributed by atoms with Crippen LogP contribution in [-0.4, -0.2) is 54.1 Å². The van der Waals surface area contributed by atoms with Gasteiger partial charge in [0.2, 0.25) is 11.8 Å². The van der Waals surface area contributed by atoms with Gasteiger partial charge in [0.05, 0.1) is 22.0 Å². The van der Waals surface area contributed by atoms with Crippen molar-refractivity contribution >= 4 is 46.6 Å². The van der Waals surface area contributed by atoms with E-state index in [1.165, 1.54) is 23.8 Å². The largest absolute Gasteiger partial charge is 0.480 e. The van der Waals surface area contributed by atoms with Crippen LogP contribution in [-0.2, 0) is 20.6 Å². The number of para-hydroxylation sites is 1. The fourth-order valence-corrected chi connectivity index (χ4v) is 4.86. The summed E-state index contributed by atoms with van der Waals surface area (Å²) in [4.78, 5) is 46.0. The molecule has 8 nitrogen and oxygen atoms in total. The summed E-state index contributed by atoms with van der Waals surface area (Å²) in [6, 6.07) is 5.19. The number of rotatable bonds is 3. The zero-order valence-corrected chi connectivity index (χ0v) is 18.9. The third-order valence-corrected chi connectivity index (χ3v) is 6.26. The van der Waals surface area contributed by atoms with E-state index < -0.39 is 48.0 Å². The SMILES string of the molecule is Cc1cc(C(F)(F)F)cc(N2C(=O)C[C@@H]3CN(CC(=O)O)c4c(Cl)cccc4N(C)C(=O)[C@H]32)n1. The minimum Gasteiger partial charge on any atom is -0.480 e. The van der Waals surface area contributed by atoms with Gasteiger partial charge in [-0.15, -0.1) is 0 Å². The minimum atomic E-state index is -4.67. The number of carbonyl (C=O) groups is 3. The number of carboxylic acids is 1. The van der Waals surface area contributed by atoms with Gasteiger partial charge in [-0.3, -0.25) is 19.3 Å². The van der Waals surface area contributed by atoms with E-state index in [4.69, 9.17) is 11.6 Å². The first-order chi connectivity index (χ1) is 15.9. The highest BCUT2D eigenvalue weighted by molar-refractivity contribution is 6.34. The van der Waals surface area contributed by atoms with Crippen molar-refractivity contribution in [2.45, 2.75) is 25.6 Å². The van der Waals surface area contributed by atoms with Gasteiger partial charge in [-0.05, 0) is 31.2 Å². The number of carbonyl (C=O) groups excluding carboxylic acids is 2. The van der Waals surface area contributed by atoms with E-state index >= 15 is 0 Å². The predicted octanol–water partition coefficient (Wildman–Crippen LogP) is 3.35. The van der Waals surface area contributed by atoms with Gasteiger partial charge in [0.15, 0.2) is 0 Å². The Hall–Kier alpha value is -3.34. The maximum absolute atomic E-state index is 13.6. The van der Waals surface area contributed by atoms with Crippen molar-refractivity contribution in [3.8, 4) is 0 Å². The number of aliphatic carboxylic acids is 1. The predicted molar refractivity (Wildman–Crippen MR) is 118 cm³/mol. The summed E-state index contributed by atoms with van der Waals surface area (Å²) in [6.07, 6.45) is -4.84. The average molecular weight is 497 g/mol. The number of carboxylic acid groups (broad SMARTS) is 1. The average Bonchev–Trinajstić information content (AvgIpc) is 3.05. The molecule has 2 atom stereocenters. The van der Waals surface area contributed by atoms with E-state index in [2.05, 4.69) is 4.98 Å². The first kappa shape index (κ1) is 23.8. The van der Waals surface area contributed by atoms with Crippen molar-refractivity contribution in [1.29, 1.82) is 0 Å². The van der Waals surface area contributed by atoms with Gasteiger partial charge in [-0.1, -0.05) is 17.7 Å². The van der Waals surface area contributed by atoms with Crippen LogP contribution in [0.25, 0.3) is 0 Å². The molecular formula is C22H20ClF3N4O4. The number of aromatic nitrogens is 1. The third kappa shape index (κ3) is 4.15. The number of halogens is 4. The molecule has 34 heavy (non-hydrogen) atoms. The van der Waals surface area contributed by atoms with Gasteiger partial charge in [0.1, 0.15) is 18.4 Å². The van der Waals surface area contributed by atoms with E-state index in [0.717, 1.165) is 17.0 Å². The molecule has 1 aromatic carbocycles. The molecule has 4 rings (SSSR count). The van der Waals surface area contributed by atoms with E-state index in [-0.39, 0.29) is 29.5 Å². The van der Waals surface area contributed by atoms with Crippen molar-refractivity contribution in [2.24, 2.45) is 5.92 Å². The van der Waals surface area contributed by atoms with Crippen molar-refractivity contribution in [3.05, 3.63) is 46.6 Å².